The molecule has 1 saturated heterocycles. The van der Waals surface area contributed by atoms with Crippen molar-refractivity contribution in [1.82, 2.24) is 46.5 Å². The van der Waals surface area contributed by atoms with E-state index < -0.39 is 115 Å². The number of aliphatic hydroxyl groups is 1. The number of hydrazine groups is 1. The summed E-state index contributed by atoms with van der Waals surface area (Å²) in [6.07, 6.45) is -13.6. The van der Waals surface area contributed by atoms with Crippen molar-refractivity contribution in [2.24, 2.45) is 10.8 Å². The van der Waals surface area contributed by atoms with Gasteiger partial charge >= 0.3 is 31.1 Å². The topological polar surface area (TPSA) is 204 Å². The first kappa shape index (κ1) is 58.7. The highest BCUT2D eigenvalue weighted by atomic mass is 19.4. The Morgan fingerprint density at radius 3 is 1.81 bits per heavy atom. The smallest absolute Gasteiger partial charge is 0.407 e. The number of rotatable bonds is 18. The van der Waals surface area contributed by atoms with Crippen LogP contribution in [-0.2, 0) is 32.0 Å². The molecule has 408 valence electrons. The third-order valence-corrected chi connectivity index (χ3v) is 12.3. The largest absolute Gasteiger partial charge is 0.453 e. The van der Waals surface area contributed by atoms with Gasteiger partial charge < -0.3 is 40.7 Å². The second kappa shape index (κ2) is 24.4. The Labute approximate surface area is 423 Å². The highest BCUT2D eigenvalue weighted by Gasteiger charge is 2.57. The van der Waals surface area contributed by atoms with Gasteiger partial charge in [-0.1, -0.05) is 24.0 Å². The number of amides is 4. The molecule has 2 aromatic carbocycles. The molecule has 1 fully saturated rings. The lowest BCUT2D eigenvalue weighted by molar-refractivity contribution is -0.221. The Morgan fingerprint density at radius 1 is 0.787 bits per heavy atom. The van der Waals surface area contributed by atoms with Gasteiger partial charge in [-0.15, -0.1) is 0 Å². The van der Waals surface area contributed by atoms with Gasteiger partial charge in [0, 0.05) is 73.9 Å². The molecule has 0 radical (unpaired) electrons. The Morgan fingerprint density at radius 2 is 1.32 bits per heavy atom. The van der Waals surface area contributed by atoms with Crippen LogP contribution in [-0.4, -0.2) is 132 Å². The number of methoxy groups -OCH3 is 2. The van der Waals surface area contributed by atoms with Gasteiger partial charge in [0.15, 0.2) is 0 Å². The number of piperazine rings is 1. The molecule has 2 aromatic heterocycles. The van der Waals surface area contributed by atoms with Gasteiger partial charge in [-0.25, -0.2) is 33.0 Å². The standard InChI is InChI=1S/C48H54F10N10O7/c1-45(2,47(53,54)55)38(62-43(72)74-5)40(70)61-35(21-28-10-7-27(8-11-28)9-12-29-13-14-37(60-24-29)66-19-16-59-17-20-66)36(69)26-67(65-41(71)39(63-44(73)75-6)46(3,4)48(56,57)58)25-31-32(49)22-30(23-33(31)50)34-15-18-68(64-34)42(51)52/h7-8,10-11,13-15,18,22-24,35-36,38-39,42,59,69H,16-17,19-21,25-26H2,1-6H3,(H,61,70)(H,62,72)(H,63,73)(H,65,71)/t35-,36-,38+,39+/m0/s1. The number of anilines is 1. The van der Waals surface area contributed by atoms with Crippen molar-refractivity contribution in [3.8, 4) is 23.1 Å². The van der Waals surface area contributed by atoms with Crippen molar-refractivity contribution in [3.63, 3.8) is 0 Å². The molecule has 4 atom stereocenters. The molecule has 4 aromatic rings. The first-order valence-corrected chi connectivity index (χ1v) is 22.8. The van der Waals surface area contributed by atoms with Gasteiger partial charge in [0.1, 0.15) is 29.5 Å². The summed E-state index contributed by atoms with van der Waals surface area (Å²) < 4.78 is 154. The molecule has 75 heavy (non-hydrogen) atoms. The number of pyridine rings is 1. The number of nitrogens with zero attached hydrogens (tertiary/aromatic N) is 5. The number of aliphatic hydroxyl groups excluding tert-OH is 1. The van der Waals surface area contributed by atoms with Crippen molar-refractivity contribution in [1.29, 1.82) is 0 Å². The number of ether oxygens (including phenoxy) is 2. The molecule has 3 heterocycles. The van der Waals surface area contributed by atoms with Crippen LogP contribution in [0.15, 0.2) is 67.0 Å². The molecule has 1 aliphatic rings. The van der Waals surface area contributed by atoms with E-state index in [9.17, 15) is 59.4 Å². The Hall–Kier alpha value is -7.18. The maximum atomic E-state index is 16.0. The van der Waals surface area contributed by atoms with Gasteiger partial charge in [0.25, 0.3) is 5.91 Å². The third-order valence-electron chi connectivity index (χ3n) is 12.3. The predicted molar refractivity (Wildman–Crippen MR) is 249 cm³/mol. The van der Waals surface area contributed by atoms with E-state index in [0.29, 0.717) is 56.0 Å². The molecular weight excluding hydrogens is 1020 g/mol. The maximum absolute atomic E-state index is 16.0. The monoisotopic (exact) mass is 1070 g/mol. The average Bonchev–Trinajstić information content (AvgIpc) is 3.86. The molecule has 5 rings (SSSR count). The molecule has 17 nitrogen and oxygen atoms in total. The number of alkyl carbamates (subject to hydrolysis) is 2. The summed E-state index contributed by atoms with van der Waals surface area (Å²) >= 11 is 0. The number of alkyl halides is 8. The van der Waals surface area contributed by atoms with Crippen molar-refractivity contribution in [3.05, 3.63) is 101 Å². The molecule has 6 N–H and O–H groups in total. The van der Waals surface area contributed by atoms with Crippen LogP contribution in [0.1, 0.15) is 56.5 Å². The predicted octanol–water partition coefficient (Wildman–Crippen LogP) is 5.98. The lowest BCUT2D eigenvalue weighted by Crippen LogP contribution is -2.63. The SMILES string of the molecule is COC(=O)N[C@H](C(=O)N[C@@H](Cc1ccc(C#Cc2ccc(N3CCNCC3)nc2)cc1)[C@@H](O)CN(Cc1c(F)cc(-c2ccn(C(F)F)n2)cc1F)NC(=O)[C@@H](NC(=O)OC)C(C)(C)C(F)(F)F)C(C)(C)C(F)(F)F. The van der Waals surface area contributed by atoms with Gasteiger partial charge in [0.2, 0.25) is 5.91 Å². The van der Waals surface area contributed by atoms with E-state index in [0.717, 1.165) is 58.5 Å². The summed E-state index contributed by atoms with van der Waals surface area (Å²) in [7, 11) is 1.60. The number of hydrogen-bond donors (Lipinski definition) is 6. The summed E-state index contributed by atoms with van der Waals surface area (Å²) in [5.74, 6) is 0.636. The van der Waals surface area contributed by atoms with Crippen LogP contribution in [0.25, 0.3) is 11.3 Å². The molecule has 0 aliphatic carbocycles. The highest BCUT2D eigenvalue weighted by molar-refractivity contribution is 5.87. The highest BCUT2D eigenvalue weighted by Crippen LogP contribution is 2.42. The maximum Gasteiger partial charge on any atom is 0.407 e. The zero-order valence-corrected chi connectivity index (χ0v) is 41.1. The number of carbonyl (C=O) groups is 4. The Bertz CT molecular complexity index is 2660. The van der Waals surface area contributed by atoms with E-state index in [1.807, 2.05) is 16.8 Å². The number of benzene rings is 2. The van der Waals surface area contributed by atoms with Crippen LogP contribution < -0.4 is 31.6 Å². The second-order valence-electron chi connectivity index (χ2n) is 18.3. The van der Waals surface area contributed by atoms with Crippen LogP contribution in [0.5, 0.6) is 0 Å². The zero-order valence-electron chi connectivity index (χ0n) is 41.1. The van der Waals surface area contributed by atoms with Crippen LogP contribution in [0.2, 0.25) is 0 Å². The lowest BCUT2D eigenvalue weighted by Gasteiger charge is -2.38. The minimum atomic E-state index is -5.23. The Balaban J connectivity index is 1.54. The van der Waals surface area contributed by atoms with Crippen molar-refractivity contribution in [2.45, 2.75) is 83.8 Å². The van der Waals surface area contributed by atoms with Gasteiger partial charge in [-0.05, 0) is 82.1 Å². The lowest BCUT2D eigenvalue weighted by atomic mass is 9.82. The minimum Gasteiger partial charge on any atom is -0.453 e. The number of halogens is 10. The molecule has 0 saturated carbocycles. The van der Waals surface area contributed by atoms with Gasteiger partial charge in [-0.3, -0.25) is 15.0 Å². The summed E-state index contributed by atoms with van der Waals surface area (Å²) in [6, 6.07) is 5.17. The van der Waals surface area contributed by atoms with Gasteiger partial charge in [-0.2, -0.15) is 40.2 Å². The summed E-state index contributed by atoms with van der Waals surface area (Å²) in [6.45, 7) is 0.0191. The molecule has 0 bridgehead atoms. The Kier molecular flexibility index (Phi) is 19.1. The molecule has 0 unspecified atom stereocenters. The number of carbonyl (C=O) groups excluding carboxylic acids is 4. The quantitative estimate of drug-likeness (QED) is 0.0388. The van der Waals surface area contributed by atoms with E-state index in [1.54, 1.807) is 17.6 Å². The van der Waals surface area contributed by atoms with Crippen LogP contribution >= 0.6 is 0 Å². The van der Waals surface area contributed by atoms with Crippen LogP contribution in [0.4, 0.5) is 59.3 Å². The summed E-state index contributed by atoms with van der Waals surface area (Å²) in [5, 5.41) is 25.2. The molecule has 1 aliphatic heterocycles. The van der Waals surface area contributed by atoms with Crippen LogP contribution in [0, 0.1) is 34.3 Å². The first-order valence-electron chi connectivity index (χ1n) is 22.8. The molecule has 0 spiro atoms. The zero-order chi connectivity index (χ0) is 55.6. The van der Waals surface area contributed by atoms with Crippen LogP contribution in [0.3, 0.4) is 0 Å². The number of aromatic nitrogens is 3. The van der Waals surface area contributed by atoms with Crippen molar-refractivity contribution in [2.75, 3.05) is 51.8 Å². The average molecular weight is 1070 g/mol. The van der Waals surface area contributed by atoms with E-state index in [1.165, 1.54) is 24.3 Å². The fraction of sp³-hybridized carbons (Fsp3) is 0.458. The fourth-order valence-corrected chi connectivity index (χ4v) is 7.46. The fourth-order valence-electron chi connectivity index (χ4n) is 7.46. The minimum absolute atomic E-state index is 0.196. The molecular formula is C48H54F10N10O7. The summed E-state index contributed by atoms with van der Waals surface area (Å²) in [5.41, 5.74) is -4.44. The van der Waals surface area contributed by atoms with E-state index in [2.05, 4.69) is 46.9 Å². The van der Waals surface area contributed by atoms with Gasteiger partial charge in [0.05, 0.1) is 42.9 Å². The second-order valence-corrected chi connectivity index (χ2v) is 18.3. The van der Waals surface area contributed by atoms with E-state index in [-0.39, 0.29) is 21.5 Å². The summed E-state index contributed by atoms with van der Waals surface area (Å²) in [4.78, 5) is 59.2. The van der Waals surface area contributed by atoms with E-state index >= 15 is 8.78 Å². The molecule has 4 amide bonds. The van der Waals surface area contributed by atoms with Crippen molar-refractivity contribution >= 4 is 29.8 Å². The number of nitrogens with one attached hydrogen (secondary N) is 5. The molecule has 27 heteroatoms. The van der Waals surface area contributed by atoms with E-state index in [4.69, 9.17) is 0 Å². The first-order chi connectivity index (χ1) is 35.1. The number of hydrogen-bond acceptors (Lipinski definition) is 12. The van der Waals surface area contributed by atoms with Crippen molar-refractivity contribution < 1.29 is 77.7 Å². The normalized spacial score (nSPS) is 15.0. The third kappa shape index (κ3) is 15.0.